The molecule has 3 aromatic heterocycles. The van der Waals surface area contributed by atoms with E-state index in [1.54, 1.807) is 11.1 Å². The zero-order valence-corrected chi connectivity index (χ0v) is 14.1. The Labute approximate surface area is 143 Å². The Hall–Kier alpha value is -2.54. The Morgan fingerprint density at radius 3 is 3.00 bits per heavy atom. The third kappa shape index (κ3) is 2.71. The van der Waals surface area contributed by atoms with E-state index in [9.17, 15) is 4.79 Å². The number of fused-ring (bicyclic) bond motifs is 1. The molecular formula is C17H17N5OS. The number of aryl methyl sites for hydroxylation is 1. The van der Waals surface area contributed by atoms with Crippen molar-refractivity contribution in [2.75, 3.05) is 16.8 Å². The van der Waals surface area contributed by atoms with E-state index in [2.05, 4.69) is 27.2 Å². The highest BCUT2D eigenvalue weighted by molar-refractivity contribution is 7.21. The van der Waals surface area contributed by atoms with Crippen LogP contribution in [0.3, 0.4) is 0 Å². The summed E-state index contributed by atoms with van der Waals surface area (Å²) in [7, 11) is 0. The summed E-state index contributed by atoms with van der Waals surface area (Å²) in [6.07, 6.45) is 4.10. The zero-order chi connectivity index (χ0) is 16.5. The predicted molar refractivity (Wildman–Crippen MR) is 95.9 cm³/mol. The van der Waals surface area contributed by atoms with E-state index in [1.807, 2.05) is 24.3 Å². The molecule has 0 spiro atoms. The van der Waals surface area contributed by atoms with Gasteiger partial charge in [0.1, 0.15) is 10.3 Å². The van der Waals surface area contributed by atoms with E-state index in [0.717, 1.165) is 46.2 Å². The van der Waals surface area contributed by atoms with Gasteiger partial charge in [0.05, 0.1) is 5.69 Å². The Morgan fingerprint density at radius 2 is 2.21 bits per heavy atom. The average Bonchev–Trinajstić information content (AvgIpc) is 3.20. The largest absolute Gasteiger partial charge is 0.314 e. The molecule has 4 rings (SSSR count). The fraction of sp³-hybridized carbons (Fsp3) is 0.294. The Bertz CT molecular complexity index is 907. The number of aromatic nitrogens is 3. The van der Waals surface area contributed by atoms with Crippen LogP contribution in [-0.4, -0.2) is 27.4 Å². The lowest BCUT2D eigenvalue weighted by Crippen LogP contribution is -2.24. The lowest BCUT2D eigenvalue weighted by atomic mass is 10.3. The number of thiazole rings is 1. The molecule has 1 aliphatic rings. The first-order chi connectivity index (χ1) is 11.7. The van der Waals surface area contributed by atoms with Crippen molar-refractivity contribution in [3.63, 3.8) is 0 Å². The van der Waals surface area contributed by atoms with Gasteiger partial charge in [0.15, 0.2) is 10.9 Å². The molecule has 0 aromatic carbocycles. The van der Waals surface area contributed by atoms with Crippen LogP contribution in [0.25, 0.3) is 10.3 Å². The zero-order valence-electron chi connectivity index (χ0n) is 13.3. The van der Waals surface area contributed by atoms with E-state index < -0.39 is 0 Å². The van der Waals surface area contributed by atoms with Gasteiger partial charge < -0.3 is 10.2 Å². The van der Waals surface area contributed by atoms with Crippen molar-refractivity contribution in [1.29, 1.82) is 0 Å². The molecule has 122 valence electrons. The summed E-state index contributed by atoms with van der Waals surface area (Å²) in [6, 6.07) is 7.76. The van der Waals surface area contributed by atoms with Crippen molar-refractivity contribution >= 4 is 44.2 Å². The van der Waals surface area contributed by atoms with Gasteiger partial charge in [-0.15, -0.1) is 0 Å². The summed E-state index contributed by atoms with van der Waals surface area (Å²) in [5.41, 5.74) is 2.73. The molecule has 4 heterocycles. The Balaban J connectivity index is 1.67. The number of anilines is 3. The Kier molecular flexibility index (Phi) is 3.86. The van der Waals surface area contributed by atoms with Crippen LogP contribution in [-0.2, 0) is 11.2 Å². The van der Waals surface area contributed by atoms with Gasteiger partial charge in [-0.2, -0.15) is 0 Å². The van der Waals surface area contributed by atoms with Crippen molar-refractivity contribution in [3.05, 3.63) is 36.2 Å². The van der Waals surface area contributed by atoms with Gasteiger partial charge in [-0.25, -0.2) is 15.0 Å². The molecule has 1 amide bonds. The molecule has 0 radical (unpaired) electrons. The number of amides is 1. The maximum atomic E-state index is 12.0. The van der Waals surface area contributed by atoms with Gasteiger partial charge >= 0.3 is 0 Å². The number of carbonyl (C=O) groups is 1. The van der Waals surface area contributed by atoms with Gasteiger partial charge in [-0.05, 0) is 37.1 Å². The van der Waals surface area contributed by atoms with Gasteiger partial charge in [0, 0.05) is 24.9 Å². The minimum Gasteiger partial charge on any atom is -0.314 e. The molecule has 1 N–H and O–H groups in total. The summed E-state index contributed by atoms with van der Waals surface area (Å²) >= 11 is 1.50. The minimum atomic E-state index is 0.143. The van der Waals surface area contributed by atoms with Crippen molar-refractivity contribution in [3.8, 4) is 0 Å². The van der Waals surface area contributed by atoms with Crippen LogP contribution in [0.15, 0.2) is 30.5 Å². The molecular weight excluding hydrogens is 322 g/mol. The van der Waals surface area contributed by atoms with Crippen LogP contribution >= 0.6 is 11.3 Å². The first-order valence-electron chi connectivity index (χ1n) is 8.03. The van der Waals surface area contributed by atoms with E-state index in [-0.39, 0.29) is 5.91 Å². The second-order valence-corrected chi connectivity index (χ2v) is 6.62. The molecule has 1 fully saturated rings. The second-order valence-electron chi connectivity index (χ2n) is 5.64. The topological polar surface area (TPSA) is 71.0 Å². The fourth-order valence-electron chi connectivity index (χ4n) is 2.82. The quantitative estimate of drug-likeness (QED) is 0.787. The van der Waals surface area contributed by atoms with Crippen LogP contribution in [0.2, 0.25) is 0 Å². The highest BCUT2D eigenvalue weighted by Gasteiger charge is 2.24. The number of rotatable bonds is 4. The normalized spacial score (nSPS) is 14.5. The lowest BCUT2D eigenvalue weighted by molar-refractivity contribution is -0.117. The SMILES string of the molecule is CCc1ccc2nc(Nc3ncccc3N3CCCC3=O)sc2n1. The number of pyridine rings is 2. The molecule has 3 aromatic rings. The van der Waals surface area contributed by atoms with Crippen molar-refractivity contribution in [1.82, 2.24) is 15.0 Å². The van der Waals surface area contributed by atoms with Crippen LogP contribution < -0.4 is 10.2 Å². The number of hydrogen-bond acceptors (Lipinski definition) is 6. The maximum Gasteiger partial charge on any atom is 0.227 e. The number of carbonyl (C=O) groups excluding carboxylic acids is 1. The molecule has 0 bridgehead atoms. The number of nitrogens with zero attached hydrogens (tertiary/aromatic N) is 4. The van der Waals surface area contributed by atoms with Crippen LogP contribution in [0.1, 0.15) is 25.5 Å². The predicted octanol–water partition coefficient (Wildman–Crippen LogP) is 3.52. The van der Waals surface area contributed by atoms with Crippen molar-refractivity contribution < 1.29 is 4.79 Å². The molecule has 0 atom stereocenters. The first-order valence-corrected chi connectivity index (χ1v) is 8.85. The molecule has 0 aliphatic carbocycles. The number of hydrogen-bond donors (Lipinski definition) is 1. The third-order valence-corrected chi connectivity index (χ3v) is 4.93. The lowest BCUT2D eigenvalue weighted by Gasteiger charge is -2.18. The fourth-order valence-corrected chi connectivity index (χ4v) is 3.68. The molecule has 7 heteroatoms. The molecule has 1 saturated heterocycles. The van der Waals surface area contributed by atoms with E-state index >= 15 is 0 Å². The van der Waals surface area contributed by atoms with Gasteiger partial charge in [-0.1, -0.05) is 18.3 Å². The smallest absolute Gasteiger partial charge is 0.227 e. The maximum absolute atomic E-state index is 12.0. The van der Waals surface area contributed by atoms with Crippen LogP contribution in [0.4, 0.5) is 16.6 Å². The standard InChI is InChI=1S/C17H17N5OS/c1-2-11-7-8-12-16(19-11)24-17(20-12)21-15-13(5-3-9-18-15)22-10-4-6-14(22)23/h3,5,7-9H,2,4,6,10H2,1H3,(H,18,20,21). The van der Waals surface area contributed by atoms with Crippen molar-refractivity contribution in [2.24, 2.45) is 0 Å². The average molecular weight is 339 g/mol. The summed E-state index contributed by atoms with van der Waals surface area (Å²) in [5, 5.41) is 3.99. The van der Waals surface area contributed by atoms with Crippen LogP contribution in [0, 0.1) is 0 Å². The monoisotopic (exact) mass is 339 g/mol. The molecule has 0 unspecified atom stereocenters. The van der Waals surface area contributed by atoms with Gasteiger partial charge in [0.2, 0.25) is 5.91 Å². The van der Waals surface area contributed by atoms with Crippen molar-refractivity contribution in [2.45, 2.75) is 26.2 Å². The summed E-state index contributed by atoms with van der Waals surface area (Å²) < 4.78 is 0. The molecule has 6 nitrogen and oxygen atoms in total. The number of nitrogens with one attached hydrogen (secondary N) is 1. The third-order valence-electron chi connectivity index (χ3n) is 4.05. The molecule has 0 saturated carbocycles. The molecule has 24 heavy (non-hydrogen) atoms. The second kappa shape index (κ2) is 6.16. The summed E-state index contributed by atoms with van der Waals surface area (Å²) in [5.74, 6) is 0.798. The van der Waals surface area contributed by atoms with E-state index in [4.69, 9.17) is 0 Å². The van der Waals surface area contributed by atoms with E-state index in [1.165, 1.54) is 11.3 Å². The summed E-state index contributed by atoms with van der Waals surface area (Å²) in [4.78, 5) is 28.3. The van der Waals surface area contributed by atoms with Gasteiger partial charge in [0.25, 0.3) is 0 Å². The highest BCUT2D eigenvalue weighted by Crippen LogP contribution is 2.32. The first kappa shape index (κ1) is 15.0. The molecule has 1 aliphatic heterocycles. The van der Waals surface area contributed by atoms with Crippen LogP contribution in [0.5, 0.6) is 0 Å². The Morgan fingerprint density at radius 1 is 1.29 bits per heavy atom. The van der Waals surface area contributed by atoms with E-state index in [0.29, 0.717) is 12.2 Å². The highest BCUT2D eigenvalue weighted by atomic mass is 32.1. The minimum absolute atomic E-state index is 0.143. The van der Waals surface area contributed by atoms with Gasteiger partial charge in [-0.3, -0.25) is 4.79 Å². The summed E-state index contributed by atoms with van der Waals surface area (Å²) in [6.45, 7) is 2.82.